The molecule has 2 heterocycles. The molecule has 4 nitrogen and oxygen atoms in total. The minimum absolute atomic E-state index is 0.130. The Bertz CT molecular complexity index is 251. The van der Waals surface area contributed by atoms with Gasteiger partial charge in [-0.2, -0.15) is 0 Å². The van der Waals surface area contributed by atoms with E-state index in [1.807, 2.05) is 0 Å². The molecular formula is C12H21NO3. The molecule has 3 unspecified atom stereocenters. The number of Topliss-reactive ketones (excluding diaryl/α,β-unsaturated/α-hetero) is 1. The van der Waals surface area contributed by atoms with Crippen LogP contribution in [0.15, 0.2) is 0 Å². The minimum Gasteiger partial charge on any atom is -0.381 e. The summed E-state index contributed by atoms with van der Waals surface area (Å²) in [5.74, 6) is 0.462. The van der Waals surface area contributed by atoms with Gasteiger partial charge in [0.2, 0.25) is 0 Å². The number of hydrogen-bond acceptors (Lipinski definition) is 4. The predicted molar refractivity (Wildman–Crippen MR) is 60.4 cm³/mol. The van der Waals surface area contributed by atoms with E-state index in [2.05, 4.69) is 18.7 Å². The first-order valence-corrected chi connectivity index (χ1v) is 6.13. The first-order valence-electron chi connectivity index (χ1n) is 6.13. The maximum atomic E-state index is 12.0. The Morgan fingerprint density at radius 2 is 2.19 bits per heavy atom. The summed E-state index contributed by atoms with van der Waals surface area (Å²) in [6.07, 6.45) is 1.14. The molecule has 16 heavy (non-hydrogen) atoms. The van der Waals surface area contributed by atoms with E-state index in [0.29, 0.717) is 25.0 Å². The summed E-state index contributed by atoms with van der Waals surface area (Å²) in [5.41, 5.74) is 0. The van der Waals surface area contributed by atoms with E-state index < -0.39 is 0 Å². The second kappa shape index (κ2) is 5.25. The molecule has 0 aromatic carbocycles. The summed E-state index contributed by atoms with van der Waals surface area (Å²) in [6, 6.07) is 0.350. The summed E-state index contributed by atoms with van der Waals surface area (Å²) in [4.78, 5) is 14.2. The summed E-state index contributed by atoms with van der Waals surface area (Å²) in [6.45, 7) is 7.68. The number of morpholine rings is 1. The number of rotatable bonds is 3. The first-order chi connectivity index (χ1) is 7.66. The van der Waals surface area contributed by atoms with Gasteiger partial charge in [-0.05, 0) is 20.3 Å². The number of ether oxygens (including phenoxy) is 2. The van der Waals surface area contributed by atoms with Crippen molar-refractivity contribution in [2.75, 3.05) is 32.9 Å². The summed E-state index contributed by atoms with van der Waals surface area (Å²) in [5, 5.41) is 0. The molecule has 2 aliphatic heterocycles. The lowest BCUT2D eigenvalue weighted by molar-refractivity contribution is -0.127. The Morgan fingerprint density at radius 3 is 2.88 bits per heavy atom. The number of nitrogens with zero attached hydrogens (tertiary/aromatic N) is 1. The van der Waals surface area contributed by atoms with Crippen LogP contribution >= 0.6 is 0 Å². The van der Waals surface area contributed by atoms with Crippen molar-refractivity contribution in [3.8, 4) is 0 Å². The van der Waals surface area contributed by atoms with E-state index in [4.69, 9.17) is 9.47 Å². The third kappa shape index (κ3) is 2.81. The van der Waals surface area contributed by atoms with Crippen molar-refractivity contribution in [2.45, 2.75) is 32.4 Å². The van der Waals surface area contributed by atoms with Gasteiger partial charge < -0.3 is 9.47 Å². The van der Waals surface area contributed by atoms with Crippen molar-refractivity contribution in [3.63, 3.8) is 0 Å². The Morgan fingerprint density at radius 1 is 1.38 bits per heavy atom. The molecule has 0 aromatic rings. The molecule has 0 N–H and O–H groups in total. The summed E-state index contributed by atoms with van der Waals surface area (Å²) in [7, 11) is 0. The molecule has 2 rings (SSSR count). The molecule has 3 atom stereocenters. The van der Waals surface area contributed by atoms with Gasteiger partial charge in [0.1, 0.15) is 0 Å². The van der Waals surface area contributed by atoms with E-state index in [9.17, 15) is 4.79 Å². The number of ketones is 1. The van der Waals surface area contributed by atoms with Crippen LogP contribution in [0.2, 0.25) is 0 Å². The summed E-state index contributed by atoms with van der Waals surface area (Å²) < 4.78 is 10.8. The molecule has 0 bridgehead atoms. The van der Waals surface area contributed by atoms with Gasteiger partial charge in [-0.1, -0.05) is 0 Å². The van der Waals surface area contributed by atoms with Crippen LogP contribution in [0.5, 0.6) is 0 Å². The summed E-state index contributed by atoms with van der Waals surface area (Å²) >= 11 is 0. The quantitative estimate of drug-likeness (QED) is 0.711. The normalized spacial score (nSPS) is 36.5. The average Bonchev–Trinajstić information content (AvgIpc) is 2.76. The maximum Gasteiger partial charge on any atom is 0.152 e. The molecule has 0 spiro atoms. The molecule has 2 fully saturated rings. The molecule has 92 valence electrons. The molecule has 0 aromatic heterocycles. The lowest BCUT2D eigenvalue weighted by Crippen LogP contribution is -2.49. The fraction of sp³-hybridized carbons (Fsp3) is 0.917. The predicted octanol–water partition coefficient (Wildman–Crippen LogP) is 0.701. The van der Waals surface area contributed by atoms with Crippen LogP contribution in [0.1, 0.15) is 20.3 Å². The number of carbonyl (C=O) groups excluding carboxylic acids is 1. The highest BCUT2D eigenvalue weighted by atomic mass is 16.5. The van der Waals surface area contributed by atoms with E-state index in [1.54, 1.807) is 0 Å². The fourth-order valence-corrected chi connectivity index (χ4v) is 2.31. The highest BCUT2D eigenvalue weighted by Crippen LogP contribution is 2.16. The topological polar surface area (TPSA) is 38.8 Å². The van der Waals surface area contributed by atoms with Crippen molar-refractivity contribution in [1.82, 2.24) is 4.90 Å². The van der Waals surface area contributed by atoms with Crippen molar-refractivity contribution in [1.29, 1.82) is 0 Å². The van der Waals surface area contributed by atoms with Crippen LogP contribution in [0, 0.1) is 5.92 Å². The molecule has 4 heteroatoms. The largest absolute Gasteiger partial charge is 0.381 e. The fourth-order valence-electron chi connectivity index (χ4n) is 2.31. The number of carbonyl (C=O) groups is 1. The van der Waals surface area contributed by atoms with Crippen LogP contribution in [0.4, 0.5) is 0 Å². The van der Waals surface area contributed by atoms with Gasteiger partial charge >= 0.3 is 0 Å². The van der Waals surface area contributed by atoms with Gasteiger partial charge in [-0.3, -0.25) is 9.69 Å². The second-order valence-corrected chi connectivity index (χ2v) is 4.95. The Labute approximate surface area is 96.9 Å². The van der Waals surface area contributed by atoms with Gasteiger partial charge in [0, 0.05) is 25.1 Å². The molecule has 2 saturated heterocycles. The van der Waals surface area contributed by atoms with E-state index >= 15 is 0 Å². The van der Waals surface area contributed by atoms with Gasteiger partial charge in [0.15, 0.2) is 5.78 Å². The van der Waals surface area contributed by atoms with Gasteiger partial charge in [-0.15, -0.1) is 0 Å². The first kappa shape index (κ1) is 12.0. The molecule has 0 amide bonds. The zero-order valence-corrected chi connectivity index (χ0v) is 10.1. The number of hydrogen-bond donors (Lipinski definition) is 0. The van der Waals surface area contributed by atoms with Gasteiger partial charge in [0.25, 0.3) is 0 Å². The molecule has 0 saturated carbocycles. The van der Waals surface area contributed by atoms with Crippen LogP contribution in [0.3, 0.4) is 0 Å². The minimum atomic E-state index is 0.130. The monoisotopic (exact) mass is 227 g/mol. The molecule has 0 radical (unpaired) electrons. The lowest BCUT2D eigenvalue weighted by Gasteiger charge is -2.36. The Hall–Kier alpha value is -0.450. The molecule has 2 aliphatic rings. The van der Waals surface area contributed by atoms with Crippen molar-refractivity contribution >= 4 is 5.78 Å². The zero-order valence-electron chi connectivity index (χ0n) is 10.1. The Balaban J connectivity index is 1.84. The molecule has 0 aliphatic carbocycles. The van der Waals surface area contributed by atoms with Gasteiger partial charge in [-0.25, -0.2) is 0 Å². The molecular weight excluding hydrogens is 206 g/mol. The standard InChI is InChI=1S/C12H21NO3/c1-9-7-16-10(2)5-13(9)6-12(14)11-3-4-15-8-11/h9-11H,3-8H2,1-2H3. The van der Waals surface area contributed by atoms with Crippen molar-refractivity contribution in [3.05, 3.63) is 0 Å². The van der Waals surface area contributed by atoms with E-state index in [0.717, 1.165) is 26.2 Å². The van der Waals surface area contributed by atoms with E-state index in [1.165, 1.54) is 0 Å². The highest BCUT2D eigenvalue weighted by Gasteiger charge is 2.29. The zero-order chi connectivity index (χ0) is 11.5. The third-order valence-electron chi connectivity index (χ3n) is 3.48. The Kier molecular flexibility index (Phi) is 3.95. The third-order valence-corrected chi connectivity index (χ3v) is 3.48. The second-order valence-electron chi connectivity index (χ2n) is 4.95. The SMILES string of the molecule is CC1CN(CC(=O)C2CCOC2)C(C)CO1. The smallest absolute Gasteiger partial charge is 0.152 e. The van der Waals surface area contributed by atoms with Crippen LogP contribution < -0.4 is 0 Å². The van der Waals surface area contributed by atoms with Crippen LogP contribution in [-0.2, 0) is 14.3 Å². The van der Waals surface area contributed by atoms with Gasteiger partial charge in [0.05, 0.1) is 25.9 Å². The average molecular weight is 227 g/mol. The maximum absolute atomic E-state index is 12.0. The van der Waals surface area contributed by atoms with Crippen molar-refractivity contribution < 1.29 is 14.3 Å². The van der Waals surface area contributed by atoms with Crippen molar-refractivity contribution in [2.24, 2.45) is 5.92 Å². The lowest BCUT2D eigenvalue weighted by atomic mass is 10.0. The van der Waals surface area contributed by atoms with E-state index in [-0.39, 0.29) is 12.0 Å². The van der Waals surface area contributed by atoms with Crippen LogP contribution in [0.25, 0.3) is 0 Å². The van der Waals surface area contributed by atoms with Crippen LogP contribution in [-0.4, -0.2) is 55.7 Å². The highest BCUT2D eigenvalue weighted by molar-refractivity contribution is 5.83.